The van der Waals surface area contributed by atoms with Crippen LogP contribution in [0.3, 0.4) is 0 Å². The first-order chi connectivity index (χ1) is 12.5. The molecule has 0 bridgehead atoms. The van der Waals surface area contributed by atoms with Crippen LogP contribution in [-0.2, 0) is 6.54 Å². The quantitative estimate of drug-likeness (QED) is 0.406. The van der Waals surface area contributed by atoms with Crippen molar-refractivity contribution in [1.82, 2.24) is 9.55 Å². The number of halogens is 1. The number of aromatic nitrogens is 2. The predicted octanol–water partition coefficient (Wildman–Crippen LogP) is 7.13. The molecule has 2 nitrogen and oxygen atoms in total. The molecular weight excluding hydrogens is 340 g/mol. The Bertz CT molecular complexity index is 886. The maximum Gasteiger partial charge on any atom is 0.141 e. The molecule has 0 amide bonds. The first-order valence-corrected chi connectivity index (χ1v) is 9.77. The van der Waals surface area contributed by atoms with Crippen molar-refractivity contribution < 1.29 is 0 Å². The Hall–Kier alpha value is -2.06. The van der Waals surface area contributed by atoms with Gasteiger partial charge in [0.15, 0.2) is 0 Å². The predicted molar refractivity (Wildman–Crippen MR) is 113 cm³/mol. The monoisotopic (exact) mass is 366 g/mol. The van der Waals surface area contributed by atoms with Gasteiger partial charge in [0, 0.05) is 17.1 Å². The third-order valence-corrected chi connectivity index (χ3v) is 5.07. The molecule has 3 rings (SSSR count). The fourth-order valence-electron chi connectivity index (χ4n) is 3.27. The highest BCUT2D eigenvalue weighted by atomic mass is 35.5. The van der Waals surface area contributed by atoms with E-state index < -0.39 is 0 Å². The number of aryl methyl sites for hydroxylation is 1. The average Bonchev–Trinajstić information content (AvgIpc) is 2.99. The smallest absolute Gasteiger partial charge is 0.141 e. The molecule has 1 aromatic heterocycles. The Morgan fingerprint density at radius 2 is 1.81 bits per heavy atom. The van der Waals surface area contributed by atoms with Crippen LogP contribution in [0.5, 0.6) is 0 Å². The van der Waals surface area contributed by atoms with Gasteiger partial charge in [-0.3, -0.25) is 0 Å². The van der Waals surface area contributed by atoms with Crippen molar-refractivity contribution in [2.24, 2.45) is 5.92 Å². The van der Waals surface area contributed by atoms with Crippen LogP contribution in [0, 0.1) is 5.92 Å². The molecule has 1 heterocycles. The topological polar surface area (TPSA) is 17.8 Å². The molecule has 3 aromatic rings. The largest absolute Gasteiger partial charge is 0.324 e. The average molecular weight is 367 g/mol. The number of allylic oxidation sites excluding steroid dienone is 2. The molecule has 0 spiro atoms. The molecule has 1 unspecified atom stereocenters. The van der Waals surface area contributed by atoms with E-state index in [0.717, 1.165) is 41.3 Å². The van der Waals surface area contributed by atoms with Crippen LogP contribution in [-0.4, -0.2) is 9.55 Å². The summed E-state index contributed by atoms with van der Waals surface area (Å²) in [6, 6.07) is 16.4. The normalized spacial score (nSPS) is 12.3. The second-order valence-electron chi connectivity index (χ2n) is 7.34. The number of benzene rings is 2. The molecule has 0 aliphatic rings. The molecule has 136 valence electrons. The highest BCUT2D eigenvalue weighted by molar-refractivity contribution is 6.30. The second kappa shape index (κ2) is 8.55. The summed E-state index contributed by atoms with van der Waals surface area (Å²) in [7, 11) is 0. The molecule has 2 aromatic carbocycles. The second-order valence-corrected chi connectivity index (χ2v) is 7.77. The summed E-state index contributed by atoms with van der Waals surface area (Å²) in [6.07, 6.45) is 5.88. The summed E-state index contributed by atoms with van der Waals surface area (Å²) in [5, 5.41) is 0.754. The van der Waals surface area contributed by atoms with Crippen molar-refractivity contribution in [3.05, 3.63) is 65.2 Å². The Balaban J connectivity index is 1.83. The van der Waals surface area contributed by atoms with E-state index in [1.54, 1.807) is 0 Å². The lowest BCUT2D eigenvalue weighted by atomic mass is 10.0. The van der Waals surface area contributed by atoms with Gasteiger partial charge < -0.3 is 4.57 Å². The van der Waals surface area contributed by atoms with Gasteiger partial charge in [0.2, 0.25) is 0 Å². The van der Waals surface area contributed by atoms with Crippen molar-refractivity contribution in [2.45, 2.75) is 46.6 Å². The summed E-state index contributed by atoms with van der Waals surface area (Å²) in [4.78, 5) is 4.89. The zero-order valence-corrected chi connectivity index (χ0v) is 16.6. The molecule has 26 heavy (non-hydrogen) atoms. The van der Waals surface area contributed by atoms with E-state index >= 15 is 0 Å². The van der Waals surface area contributed by atoms with Crippen LogP contribution in [0.25, 0.3) is 22.4 Å². The molecule has 0 N–H and O–H groups in total. The van der Waals surface area contributed by atoms with Crippen LogP contribution in [0.4, 0.5) is 0 Å². The van der Waals surface area contributed by atoms with Crippen molar-refractivity contribution in [3.63, 3.8) is 0 Å². The Morgan fingerprint density at radius 1 is 1.08 bits per heavy atom. The number of hydrogen-bond donors (Lipinski definition) is 0. The maximum atomic E-state index is 6.06. The third-order valence-electron chi connectivity index (χ3n) is 4.81. The third kappa shape index (κ3) is 4.56. The fourth-order valence-corrected chi connectivity index (χ4v) is 3.40. The highest BCUT2D eigenvalue weighted by Crippen LogP contribution is 2.27. The number of para-hydroxylation sites is 2. The molecule has 0 radical (unpaired) electrons. The lowest BCUT2D eigenvalue weighted by Crippen LogP contribution is -2.05. The summed E-state index contributed by atoms with van der Waals surface area (Å²) in [6.45, 7) is 7.66. The molecule has 3 heteroatoms. The summed E-state index contributed by atoms with van der Waals surface area (Å²) >= 11 is 6.06. The number of fused-ring (bicyclic) bond motifs is 1. The van der Waals surface area contributed by atoms with E-state index in [0.29, 0.717) is 5.92 Å². The zero-order valence-electron chi connectivity index (χ0n) is 15.9. The van der Waals surface area contributed by atoms with E-state index in [2.05, 4.69) is 61.7 Å². The summed E-state index contributed by atoms with van der Waals surface area (Å²) in [5.41, 5.74) is 4.77. The molecule has 0 saturated carbocycles. The van der Waals surface area contributed by atoms with E-state index in [-0.39, 0.29) is 0 Å². The minimum atomic E-state index is 0.685. The number of imidazole rings is 1. The highest BCUT2D eigenvalue weighted by Gasteiger charge is 2.13. The van der Waals surface area contributed by atoms with Gasteiger partial charge in [0.05, 0.1) is 11.0 Å². The Morgan fingerprint density at radius 3 is 2.54 bits per heavy atom. The van der Waals surface area contributed by atoms with Gasteiger partial charge in [0.25, 0.3) is 0 Å². The lowest BCUT2D eigenvalue weighted by Gasteiger charge is -2.14. The van der Waals surface area contributed by atoms with Crippen molar-refractivity contribution in [3.8, 4) is 11.4 Å². The van der Waals surface area contributed by atoms with Crippen LogP contribution in [0.15, 0.2) is 60.2 Å². The zero-order chi connectivity index (χ0) is 18.5. The molecular formula is C23H27ClN2. The molecule has 1 atom stereocenters. The minimum Gasteiger partial charge on any atom is -0.324 e. The van der Waals surface area contributed by atoms with E-state index in [1.165, 1.54) is 17.5 Å². The van der Waals surface area contributed by atoms with Crippen LogP contribution < -0.4 is 0 Å². The van der Waals surface area contributed by atoms with E-state index in [4.69, 9.17) is 16.6 Å². The molecule has 0 fully saturated rings. The van der Waals surface area contributed by atoms with E-state index in [1.807, 2.05) is 18.2 Å². The van der Waals surface area contributed by atoms with Crippen molar-refractivity contribution in [2.75, 3.05) is 0 Å². The van der Waals surface area contributed by atoms with E-state index in [9.17, 15) is 0 Å². The Kier molecular flexibility index (Phi) is 6.16. The van der Waals surface area contributed by atoms with Crippen LogP contribution >= 0.6 is 11.6 Å². The SMILES string of the molecule is CC(C)=CCCC(C)CCn1c(-c2ccc(Cl)cc2)nc2ccccc21. The first-order valence-electron chi connectivity index (χ1n) is 9.39. The van der Waals surface area contributed by atoms with Crippen molar-refractivity contribution in [1.29, 1.82) is 0 Å². The van der Waals surface area contributed by atoms with Gasteiger partial charge in [-0.1, -0.05) is 42.3 Å². The fraction of sp³-hybridized carbons (Fsp3) is 0.348. The standard InChI is InChI=1S/C23H27ClN2/c1-17(2)7-6-8-18(3)15-16-26-22-10-5-4-9-21(22)25-23(26)19-11-13-20(24)14-12-19/h4-5,7,9-14,18H,6,8,15-16H2,1-3H3. The van der Waals surface area contributed by atoms with Gasteiger partial charge in [-0.15, -0.1) is 0 Å². The van der Waals surface area contributed by atoms with Gasteiger partial charge in [-0.05, 0) is 75.4 Å². The van der Waals surface area contributed by atoms with Crippen LogP contribution in [0.2, 0.25) is 5.02 Å². The minimum absolute atomic E-state index is 0.685. The summed E-state index contributed by atoms with van der Waals surface area (Å²) < 4.78 is 2.36. The first kappa shape index (κ1) is 18.7. The van der Waals surface area contributed by atoms with Crippen LogP contribution in [0.1, 0.15) is 40.0 Å². The molecule has 0 aliphatic carbocycles. The lowest BCUT2D eigenvalue weighted by molar-refractivity contribution is 0.460. The van der Waals surface area contributed by atoms with Gasteiger partial charge in [-0.2, -0.15) is 0 Å². The Labute approximate surface area is 161 Å². The molecule has 0 aliphatic heterocycles. The van der Waals surface area contributed by atoms with Gasteiger partial charge in [-0.25, -0.2) is 4.98 Å². The molecule has 0 saturated heterocycles. The number of nitrogens with zero attached hydrogens (tertiary/aromatic N) is 2. The summed E-state index contributed by atoms with van der Waals surface area (Å²) in [5.74, 6) is 1.71. The number of rotatable bonds is 7. The van der Waals surface area contributed by atoms with Crippen molar-refractivity contribution >= 4 is 22.6 Å². The number of hydrogen-bond acceptors (Lipinski definition) is 1. The van der Waals surface area contributed by atoms with Gasteiger partial charge >= 0.3 is 0 Å². The van der Waals surface area contributed by atoms with Gasteiger partial charge in [0.1, 0.15) is 5.82 Å². The maximum absolute atomic E-state index is 6.06.